The van der Waals surface area contributed by atoms with Crippen LogP contribution in [0.2, 0.25) is 0 Å². The third-order valence-corrected chi connectivity index (χ3v) is 2.76. The van der Waals surface area contributed by atoms with Gasteiger partial charge in [-0.15, -0.1) is 0 Å². The lowest BCUT2D eigenvalue weighted by Crippen LogP contribution is -2.12. The highest BCUT2D eigenvalue weighted by Gasteiger charge is 2.03. The first-order chi connectivity index (χ1) is 6.78. The Morgan fingerprint density at radius 3 is 2.57 bits per heavy atom. The zero-order chi connectivity index (χ0) is 10.8. The molecule has 0 aromatic heterocycles. The Labute approximate surface area is 89.3 Å². The minimum Gasteiger partial charge on any atom is -0.320 e. The highest BCUT2D eigenvalue weighted by Crippen LogP contribution is 2.15. The molecule has 0 radical (unpaired) electrons. The summed E-state index contributed by atoms with van der Waals surface area (Å²) in [6.45, 7) is 9.40. The number of rotatable bonds is 8. The van der Waals surface area contributed by atoms with Crippen molar-refractivity contribution in [1.29, 1.82) is 0 Å². The lowest BCUT2D eigenvalue weighted by molar-refractivity contribution is 0.465. The number of hydrogen-bond donors (Lipinski definition) is 1. The molecule has 0 rings (SSSR count). The molecule has 0 saturated heterocycles. The van der Waals surface area contributed by atoms with Gasteiger partial charge in [-0.25, -0.2) is 0 Å². The maximum Gasteiger partial charge on any atom is -0.00492 e. The van der Waals surface area contributed by atoms with Crippen molar-refractivity contribution >= 4 is 0 Å². The Kier molecular flexibility index (Phi) is 8.65. The summed E-state index contributed by atoms with van der Waals surface area (Å²) >= 11 is 0. The summed E-state index contributed by atoms with van der Waals surface area (Å²) in [5, 5.41) is 3.21. The Morgan fingerprint density at radius 2 is 2.14 bits per heavy atom. The van der Waals surface area contributed by atoms with Crippen LogP contribution in [-0.4, -0.2) is 13.6 Å². The molecule has 0 aliphatic rings. The minimum atomic E-state index is 0.823. The van der Waals surface area contributed by atoms with Gasteiger partial charge in [0.1, 0.15) is 0 Å². The molecule has 0 aliphatic heterocycles. The van der Waals surface area contributed by atoms with Gasteiger partial charge in [0.2, 0.25) is 0 Å². The molecule has 0 bridgehead atoms. The van der Waals surface area contributed by atoms with Crippen molar-refractivity contribution in [1.82, 2.24) is 5.32 Å². The number of nitrogens with one attached hydrogen (secondary N) is 1. The van der Waals surface area contributed by atoms with Crippen molar-refractivity contribution in [2.75, 3.05) is 13.6 Å². The molecule has 1 unspecified atom stereocenters. The van der Waals surface area contributed by atoms with E-state index in [1.165, 1.54) is 24.8 Å². The fourth-order valence-corrected chi connectivity index (χ4v) is 1.53. The molecule has 82 valence electrons. The van der Waals surface area contributed by atoms with E-state index in [4.69, 9.17) is 0 Å². The van der Waals surface area contributed by atoms with E-state index >= 15 is 0 Å². The van der Waals surface area contributed by atoms with Crippen molar-refractivity contribution in [3.05, 3.63) is 24.3 Å². The third-order valence-electron chi connectivity index (χ3n) is 2.76. The second-order valence-corrected chi connectivity index (χ2v) is 3.74. The van der Waals surface area contributed by atoms with Crippen LogP contribution in [0.1, 0.15) is 39.5 Å². The first-order valence-corrected chi connectivity index (χ1v) is 5.74. The molecule has 0 heterocycles. The second-order valence-electron chi connectivity index (χ2n) is 3.74. The highest BCUT2D eigenvalue weighted by molar-refractivity contribution is 5.15. The van der Waals surface area contributed by atoms with Crippen LogP contribution in [-0.2, 0) is 0 Å². The van der Waals surface area contributed by atoms with Gasteiger partial charge in [-0.3, -0.25) is 0 Å². The van der Waals surface area contributed by atoms with Crippen molar-refractivity contribution in [2.45, 2.75) is 39.5 Å². The van der Waals surface area contributed by atoms with Crippen LogP contribution in [0.4, 0.5) is 0 Å². The van der Waals surface area contributed by atoms with Crippen LogP contribution < -0.4 is 5.32 Å². The van der Waals surface area contributed by atoms with E-state index in [9.17, 15) is 0 Å². The molecule has 1 nitrogen and oxygen atoms in total. The zero-order valence-corrected chi connectivity index (χ0v) is 9.97. The topological polar surface area (TPSA) is 12.0 Å². The molecule has 0 saturated carbocycles. The molecule has 0 fully saturated rings. The average Bonchev–Trinajstić information content (AvgIpc) is 2.23. The van der Waals surface area contributed by atoms with Crippen LogP contribution in [0.3, 0.4) is 0 Å². The normalized spacial score (nSPS) is 14.1. The quantitative estimate of drug-likeness (QED) is 0.584. The van der Waals surface area contributed by atoms with E-state index in [2.05, 4.69) is 31.8 Å². The van der Waals surface area contributed by atoms with E-state index in [1.54, 1.807) is 0 Å². The van der Waals surface area contributed by atoms with Crippen molar-refractivity contribution in [2.24, 2.45) is 5.92 Å². The highest BCUT2D eigenvalue weighted by atomic mass is 14.8. The van der Waals surface area contributed by atoms with Crippen molar-refractivity contribution in [3.8, 4) is 0 Å². The lowest BCUT2D eigenvalue weighted by atomic mass is 9.96. The SMILES string of the molecule is C=C/C(=C/CC(CC)CCNC)CC. The molecule has 14 heavy (non-hydrogen) atoms. The summed E-state index contributed by atoms with van der Waals surface area (Å²) in [5.41, 5.74) is 1.38. The van der Waals surface area contributed by atoms with Gasteiger partial charge in [-0.05, 0) is 38.8 Å². The van der Waals surface area contributed by atoms with Gasteiger partial charge in [0.05, 0.1) is 0 Å². The van der Waals surface area contributed by atoms with Crippen molar-refractivity contribution < 1.29 is 0 Å². The summed E-state index contributed by atoms with van der Waals surface area (Å²) < 4.78 is 0. The van der Waals surface area contributed by atoms with Gasteiger partial charge in [0.25, 0.3) is 0 Å². The Bertz CT molecular complexity index is 170. The predicted molar refractivity (Wildman–Crippen MR) is 65.5 cm³/mol. The molecule has 1 N–H and O–H groups in total. The molecule has 0 spiro atoms. The molecule has 1 atom stereocenters. The van der Waals surface area contributed by atoms with E-state index < -0.39 is 0 Å². The fraction of sp³-hybridized carbons (Fsp3) is 0.692. The lowest BCUT2D eigenvalue weighted by Gasteiger charge is -2.12. The van der Waals surface area contributed by atoms with E-state index in [0.29, 0.717) is 0 Å². The minimum absolute atomic E-state index is 0.823. The smallest absolute Gasteiger partial charge is 0.00492 e. The largest absolute Gasteiger partial charge is 0.320 e. The van der Waals surface area contributed by atoms with Crippen LogP contribution in [0.15, 0.2) is 24.3 Å². The molecule has 0 aromatic carbocycles. The predicted octanol–water partition coefficient (Wildman–Crippen LogP) is 3.53. The first-order valence-electron chi connectivity index (χ1n) is 5.74. The van der Waals surface area contributed by atoms with Crippen molar-refractivity contribution in [3.63, 3.8) is 0 Å². The average molecular weight is 195 g/mol. The number of hydrogen-bond acceptors (Lipinski definition) is 1. The summed E-state index contributed by atoms with van der Waals surface area (Å²) in [6.07, 6.45) is 9.17. The molecule has 0 amide bonds. The van der Waals surface area contributed by atoms with Gasteiger partial charge in [0.15, 0.2) is 0 Å². The molecular weight excluding hydrogens is 170 g/mol. The molecule has 0 aliphatic carbocycles. The molecule has 0 aromatic rings. The number of allylic oxidation sites excluding steroid dienone is 3. The summed E-state index contributed by atoms with van der Waals surface area (Å²) in [7, 11) is 2.02. The summed E-state index contributed by atoms with van der Waals surface area (Å²) in [5.74, 6) is 0.823. The summed E-state index contributed by atoms with van der Waals surface area (Å²) in [4.78, 5) is 0. The maximum absolute atomic E-state index is 3.82. The van der Waals surface area contributed by atoms with Gasteiger partial charge in [-0.1, -0.05) is 44.6 Å². The second kappa shape index (κ2) is 9.01. The van der Waals surface area contributed by atoms with Crippen LogP contribution in [0.5, 0.6) is 0 Å². The third kappa shape index (κ3) is 5.98. The summed E-state index contributed by atoms with van der Waals surface area (Å²) in [6, 6.07) is 0. The van der Waals surface area contributed by atoms with Gasteiger partial charge >= 0.3 is 0 Å². The Hall–Kier alpha value is -0.560. The van der Waals surface area contributed by atoms with E-state index in [-0.39, 0.29) is 0 Å². The fourth-order valence-electron chi connectivity index (χ4n) is 1.53. The standard InChI is InChI=1S/C13H25N/c1-5-12(6-2)8-9-13(7-3)10-11-14-4/h5,8,13-14H,1,6-7,9-11H2,2-4H3/b12-8-. The van der Waals surface area contributed by atoms with Crippen LogP contribution in [0, 0.1) is 5.92 Å². The molecule has 1 heteroatoms. The maximum atomic E-state index is 3.82. The van der Waals surface area contributed by atoms with E-state index in [0.717, 1.165) is 18.9 Å². The van der Waals surface area contributed by atoms with E-state index in [1.807, 2.05) is 13.1 Å². The zero-order valence-electron chi connectivity index (χ0n) is 9.97. The Morgan fingerprint density at radius 1 is 1.43 bits per heavy atom. The van der Waals surface area contributed by atoms with Crippen LogP contribution >= 0.6 is 0 Å². The first kappa shape index (κ1) is 13.4. The van der Waals surface area contributed by atoms with Gasteiger partial charge in [0, 0.05) is 0 Å². The Balaban J connectivity index is 3.91. The van der Waals surface area contributed by atoms with Crippen LogP contribution in [0.25, 0.3) is 0 Å². The van der Waals surface area contributed by atoms with Gasteiger partial charge < -0.3 is 5.32 Å². The monoisotopic (exact) mass is 195 g/mol. The molecular formula is C13H25N. The van der Waals surface area contributed by atoms with Gasteiger partial charge in [-0.2, -0.15) is 0 Å².